The van der Waals surface area contributed by atoms with Gasteiger partial charge in [0.25, 0.3) is 0 Å². The van der Waals surface area contributed by atoms with E-state index in [1.165, 1.54) is 25.8 Å². The molecule has 1 heterocycles. The van der Waals surface area contributed by atoms with Crippen molar-refractivity contribution >= 4 is 0 Å². The fraction of sp³-hybridized carbons (Fsp3) is 0.833. The Bertz CT molecular complexity index is 331. The first-order chi connectivity index (χ1) is 8.31. The molecule has 0 aromatic carbocycles. The molecule has 17 heavy (non-hydrogen) atoms. The predicted octanol–water partition coefficient (Wildman–Crippen LogP) is 0.859. The van der Waals surface area contributed by atoms with Crippen LogP contribution in [0.15, 0.2) is 6.20 Å². The third kappa shape index (κ3) is 3.51. The van der Waals surface area contributed by atoms with Gasteiger partial charge in [-0.25, -0.2) is 0 Å². The van der Waals surface area contributed by atoms with Crippen LogP contribution in [0.25, 0.3) is 0 Å². The Labute approximate surface area is 103 Å². The van der Waals surface area contributed by atoms with Crippen molar-refractivity contribution in [2.75, 3.05) is 19.6 Å². The van der Waals surface area contributed by atoms with E-state index in [0.29, 0.717) is 6.54 Å². The molecule has 1 aromatic heterocycles. The van der Waals surface area contributed by atoms with Crippen LogP contribution in [0.3, 0.4) is 0 Å². The maximum Gasteiger partial charge on any atom is 0.0967 e. The maximum atomic E-state index is 5.49. The average Bonchev–Trinajstić information content (AvgIpc) is 2.70. The summed E-state index contributed by atoms with van der Waals surface area (Å²) >= 11 is 0. The van der Waals surface area contributed by atoms with Gasteiger partial charge in [-0.15, -0.1) is 5.10 Å². The highest BCUT2D eigenvalue weighted by Gasteiger charge is 2.20. The lowest BCUT2D eigenvalue weighted by atomic mass is 9.85. The van der Waals surface area contributed by atoms with Crippen molar-refractivity contribution in [2.24, 2.45) is 11.7 Å². The van der Waals surface area contributed by atoms with Gasteiger partial charge in [0, 0.05) is 25.8 Å². The normalized spacial score (nSPS) is 16.4. The van der Waals surface area contributed by atoms with Crippen molar-refractivity contribution in [3.63, 3.8) is 0 Å². The molecule has 96 valence electrons. The van der Waals surface area contributed by atoms with Gasteiger partial charge in [-0.1, -0.05) is 18.6 Å². The van der Waals surface area contributed by atoms with Crippen molar-refractivity contribution in [1.29, 1.82) is 0 Å². The molecule has 0 aliphatic heterocycles. The minimum Gasteiger partial charge on any atom is -0.329 e. The molecule has 2 N–H and O–H groups in total. The standard InChI is InChI=1S/C12H23N5/c1-2-16(8-11-4-3-5-11)9-12-10-17(7-6-13)15-14-12/h10-11H,2-9,13H2,1H3. The lowest BCUT2D eigenvalue weighted by Gasteiger charge is -2.31. The molecule has 0 unspecified atom stereocenters. The van der Waals surface area contributed by atoms with Crippen LogP contribution in [-0.4, -0.2) is 39.5 Å². The van der Waals surface area contributed by atoms with E-state index >= 15 is 0 Å². The number of aromatic nitrogens is 3. The SMILES string of the molecule is CCN(Cc1cn(CCN)nn1)CC1CCC1. The Morgan fingerprint density at radius 2 is 2.35 bits per heavy atom. The first-order valence-electron chi connectivity index (χ1n) is 6.63. The van der Waals surface area contributed by atoms with Crippen molar-refractivity contribution in [3.8, 4) is 0 Å². The fourth-order valence-corrected chi connectivity index (χ4v) is 2.23. The zero-order valence-corrected chi connectivity index (χ0v) is 10.7. The van der Waals surface area contributed by atoms with Crippen LogP contribution in [0.5, 0.6) is 0 Å². The van der Waals surface area contributed by atoms with Crippen molar-refractivity contribution in [2.45, 2.75) is 39.3 Å². The molecule has 2 rings (SSSR count). The fourth-order valence-electron chi connectivity index (χ4n) is 2.23. The van der Waals surface area contributed by atoms with Crippen LogP contribution in [-0.2, 0) is 13.1 Å². The monoisotopic (exact) mass is 237 g/mol. The summed E-state index contributed by atoms with van der Waals surface area (Å²) in [4.78, 5) is 2.46. The van der Waals surface area contributed by atoms with E-state index in [9.17, 15) is 0 Å². The Hall–Kier alpha value is -0.940. The smallest absolute Gasteiger partial charge is 0.0967 e. The van der Waals surface area contributed by atoms with Crippen LogP contribution in [0.1, 0.15) is 31.9 Å². The van der Waals surface area contributed by atoms with E-state index < -0.39 is 0 Å². The van der Waals surface area contributed by atoms with Crippen LogP contribution in [0.2, 0.25) is 0 Å². The molecule has 1 aliphatic rings. The molecule has 5 nitrogen and oxygen atoms in total. The summed E-state index contributed by atoms with van der Waals surface area (Å²) in [5.41, 5.74) is 6.54. The molecule has 0 atom stereocenters. The highest BCUT2D eigenvalue weighted by atomic mass is 15.4. The van der Waals surface area contributed by atoms with Crippen LogP contribution < -0.4 is 5.73 Å². The molecule has 1 aliphatic carbocycles. The van der Waals surface area contributed by atoms with Crippen LogP contribution in [0, 0.1) is 5.92 Å². The number of hydrogen-bond donors (Lipinski definition) is 1. The molecular weight excluding hydrogens is 214 g/mol. The Morgan fingerprint density at radius 1 is 1.53 bits per heavy atom. The van der Waals surface area contributed by atoms with Crippen LogP contribution in [0.4, 0.5) is 0 Å². The highest BCUT2D eigenvalue weighted by molar-refractivity contribution is 4.92. The van der Waals surface area contributed by atoms with E-state index in [4.69, 9.17) is 5.73 Å². The van der Waals surface area contributed by atoms with E-state index in [1.54, 1.807) is 0 Å². The summed E-state index contributed by atoms with van der Waals surface area (Å²) in [5.74, 6) is 0.911. The van der Waals surface area contributed by atoms with Gasteiger partial charge in [-0.3, -0.25) is 9.58 Å². The third-order valence-electron chi connectivity index (χ3n) is 3.52. The highest BCUT2D eigenvalue weighted by Crippen LogP contribution is 2.27. The molecule has 0 saturated heterocycles. The predicted molar refractivity (Wildman–Crippen MR) is 67.4 cm³/mol. The summed E-state index contributed by atoms with van der Waals surface area (Å²) < 4.78 is 1.83. The summed E-state index contributed by atoms with van der Waals surface area (Å²) in [6.45, 7) is 6.78. The zero-order valence-electron chi connectivity index (χ0n) is 10.7. The van der Waals surface area contributed by atoms with Crippen molar-refractivity contribution in [1.82, 2.24) is 19.9 Å². The molecular formula is C12H23N5. The first kappa shape index (κ1) is 12.5. The molecule has 0 spiro atoms. The molecule has 0 radical (unpaired) electrons. The number of hydrogen-bond acceptors (Lipinski definition) is 4. The van der Waals surface area contributed by atoms with E-state index in [-0.39, 0.29) is 0 Å². The Kier molecular flexibility index (Phi) is 4.50. The van der Waals surface area contributed by atoms with Gasteiger partial charge in [0.15, 0.2) is 0 Å². The molecule has 1 fully saturated rings. The summed E-state index contributed by atoms with van der Waals surface area (Å²) in [7, 11) is 0. The largest absolute Gasteiger partial charge is 0.329 e. The second-order valence-electron chi connectivity index (χ2n) is 4.89. The molecule has 1 saturated carbocycles. The van der Waals surface area contributed by atoms with Gasteiger partial charge in [0.1, 0.15) is 0 Å². The van der Waals surface area contributed by atoms with Gasteiger partial charge in [-0.2, -0.15) is 0 Å². The molecule has 1 aromatic rings. The topological polar surface area (TPSA) is 60.0 Å². The Balaban J connectivity index is 1.83. The Morgan fingerprint density at radius 3 is 2.94 bits per heavy atom. The lowest BCUT2D eigenvalue weighted by molar-refractivity contribution is 0.176. The van der Waals surface area contributed by atoms with E-state index in [2.05, 4.69) is 22.1 Å². The molecule has 0 bridgehead atoms. The molecule has 5 heteroatoms. The number of nitrogens with zero attached hydrogens (tertiary/aromatic N) is 4. The number of nitrogens with two attached hydrogens (primary N) is 1. The average molecular weight is 237 g/mol. The minimum absolute atomic E-state index is 0.613. The second kappa shape index (κ2) is 6.12. The van der Waals surface area contributed by atoms with Crippen molar-refractivity contribution < 1.29 is 0 Å². The summed E-state index contributed by atoms with van der Waals surface area (Å²) in [6, 6.07) is 0. The summed E-state index contributed by atoms with van der Waals surface area (Å²) in [6.07, 6.45) is 6.22. The van der Waals surface area contributed by atoms with Crippen molar-refractivity contribution in [3.05, 3.63) is 11.9 Å². The maximum absolute atomic E-state index is 5.49. The van der Waals surface area contributed by atoms with Gasteiger partial charge in [0.2, 0.25) is 0 Å². The van der Waals surface area contributed by atoms with Gasteiger partial charge >= 0.3 is 0 Å². The second-order valence-corrected chi connectivity index (χ2v) is 4.89. The quantitative estimate of drug-likeness (QED) is 0.764. The van der Waals surface area contributed by atoms with E-state index in [0.717, 1.165) is 31.2 Å². The minimum atomic E-state index is 0.613. The zero-order chi connectivity index (χ0) is 12.1. The molecule has 0 amide bonds. The van der Waals surface area contributed by atoms with E-state index in [1.807, 2.05) is 10.9 Å². The van der Waals surface area contributed by atoms with Gasteiger partial charge in [0.05, 0.1) is 12.2 Å². The lowest BCUT2D eigenvalue weighted by Crippen LogP contribution is -2.32. The van der Waals surface area contributed by atoms with Crippen LogP contribution >= 0.6 is 0 Å². The third-order valence-corrected chi connectivity index (χ3v) is 3.52. The number of rotatable bonds is 7. The van der Waals surface area contributed by atoms with Gasteiger partial charge in [-0.05, 0) is 25.3 Å². The summed E-state index contributed by atoms with van der Waals surface area (Å²) in [5, 5.41) is 8.26. The first-order valence-corrected chi connectivity index (χ1v) is 6.63. The van der Waals surface area contributed by atoms with Gasteiger partial charge < -0.3 is 5.73 Å².